The number of nitrogens with zero attached hydrogens (tertiary/aromatic N) is 2. The van der Waals surface area contributed by atoms with Crippen molar-refractivity contribution in [2.24, 2.45) is 0 Å². The minimum Gasteiger partial charge on any atom is -0.389 e. The monoisotopic (exact) mass is 294 g/mol. The summed E-state index contributed by atoms with van der Waals surface area (Å²) in [5.74, 6) is 0. The summed E-state index contributed by atoms with van der Waals surface area (Å²) < 4.78 is 26.4. The number of pyridine rings is 1. The fraction of sp³-hybridized carbons (Fsp3) is 0.357. The van der Waals surface area contributed by atoms with Gasteiger partial charge in [0, 0.05) is 25.2 Å². The molecule has 20 heavy (non-hydrogen) atoms. The predicted octanol–water partition coefficient (Wildman–Crippen LogP) is 1.63. The Morgan fingerprint density at radius 3 is 2.60 bits per heavy atom. The molecule has 1 N–H and O–H groups in total. The van der Waals surface area contributed by atoms with Crippen molar-refractivity contribution in [2.45, 2.75) is 24.3 Å². The van der Waals surface area contributed by atoms with Crippen LogP contribution in [0.5, 0.6) is 0 Å². The average molecular weight is 294 g/mol. The molecule has 0 aliphatic rings. The minimum atomic E-state index is -3.67. The molecule has 0 unspecified atom stereocenters. The third-order valence-corrected chi connectivity index (χ3v) is 4.77. The molecule has 0 spiro atoms. The SMILES string of the molecule is CN(CC(C)(C)O)S(=O)(=O)c1cccc2ncccc12. The molecular formula is C14H18N2O3S. The van der Waals surface area contributed by atoms with E-state index in [1.165, 1.54) is 7.05 Å². The molecule has 0 bridgehead atoms. The first-order chi connectivity index (χ1) is 9.22. The summed E-state index contributed by atoms with van der Waals surface area (Å²) in [7, 11) is -2.20. The molecule has 0 radical (unpaired) electrons. The van der Waals surface area contributed by atoms with Crippen molar-refractivity contribution in [3.05, 3.63) is 36.5 Å². The van der Waals surface area contributed by atoms with Gasteiger partial charge in [-0.1, -0.05) is 6.07 Å². The van der Waals surface area contributed by atoms with Crippen molar-refractivity contribution in [3.8, 4) is 0 Å². The van der Waals surface area contributed by atoms with Gasteiger partial charge in [0.1, 0.15) is 0 Å². The highest BCUT2D eigenvalue weighted by Gasteiger charge is 2.27. The molecule has 108 valence electrons. The summed E-state index contributed by atoms with van der Waals surface area (Å²) in [6.07, 6.45) is 1.62. The highest BCUT2D eigenvalue weighted by molar-refractivity contribution is 7.89. The van der Waals surface area contributed by atoms with Gasteiger partial charge in [-0.15, -0.1) is 0 Å². The molecule has 2 aromatic rings. The largest absolute Gasteiger partial charge is 0.389 e. The fourth-order valence-corrected chi connectivity index (χ4v) is 3.62. The zero-order valence-corrected chi connectivity index (χ0v) is 12.6. The number of hydrogen-bond donors (Lipinski definition) is 1. The Balaban J connectivity index is 2.52. The second-order valence-corrected chi connectivity index (χ2v) is 7.41. The van der Waals surface area contributed by atoms with Gasteiger partial charge >= 0.3 is 0 Å². The zero-order chi connectivity index (χ0) is 15.0. The molecule has 5 nitrogen and oxygen atoms in total. The third kappa shape index (κ3) is 2.98. The number of likely N-dealkylation sites (N-methyl/N-ethyl adjacent to an activating group) is 1. The Morgan fingerprint density at radius 1 is 1.25 bits per heavy atom. The molecule has 0 saturated carbocycles. The summed E-state index contributed by atoms with van der Waals surface area (Å²) in [4.78, 5) is 4.36. The van der Waals surface area contributed by atoms with Crippen LogP contribution in [0.2, 0.25) is 0 Å². The Labute approximate surface area is 118 Å². The highest BCUT2D eigenvalue weighted by Crippen LogP contribution is 2.24. The van der Waals surface area contributed by atoms with Crippen LogP contribution in [0, 0.1) is 0 Å². The summed E-state index contributed by atoms with van der Waals surface area (Å²) in [5.41, 5.74) is -0.463. The number of benzene rings is 1. The molecule has 0 aliphatic carbocycles. The molecule has 1 aromatic carbocycles. The molecule has 0 saturated heterocycles. The molecular weight excluding hydrogens is 276 g/mol. The van der Waals surface area contributed by atoms with Crippen molar-refractivity contribution >= 4 is 20.9 Å². The standard InChI is InChI=1S/C14H18N2O3S/c1-14(2,17)10-16(3)20(18,19)13-8-4-7-12-11(13)6-5-9-15-12/h4-9,17H,10H2,1-3H3. The molecule has 0 atom stereocenters. The number of aromatic nitrogens is 1. The first-order valence-corrected chi connectivity index (χ1v) is 7.68. The molecule has 1 aromatic heterocycles. The van der Waals surface area contributed by atoms with Crippen molar-refractivity contribution in [2.75, 3.05) is 13.6 Å². The quantitative estimate of drug-likeness (QED) is 0.930. The smallest absolute Gasteiger partial charge is 0.243 e. The van der Waals surface area contributed by atoms with Gasteiger partial charge in [-0.05, 0) is 38.1 Å². The molecule has 0 amide bonds. The van der Waals surface area contributed by atoms with E-state index in [0.29, 0.717) is 10.9 Å². The lowest BCUT2D eigenvalue weighted by Gasteiger charge is -2.25. The van der Waals surface area contributed by atoms with E-state index in [4.69, 9.17) is 0 Å². The third-order valence-electron chi connectivity index (χ3n) is 2.90. The summed E-state index contributed by atoms with van der Waals surface area (Å²) in [6.45, 7) is 3.17. The lowest BCUT2D eigenvalue weighted by molar-refractivity contribution is 0.0640. The maximum atomic E-state index is 12.6. The lowest BCUT2D eigenvalue weighted by Crippen LogP contribution is -2.39. The van der Waals surface area contributed by atoms with E-state index in [1.807, 2.05) is 0 Å². The van der Waals surface area contributed by atoms with Crippen LogP contribution >= 0.6 is 0 Å². The fourth-order valence-electron chi connectivity index (χ4n) is 2.10. The Hall–Kier alpha value is -1.50. The first kappa shape index (κ1) is 14.9. The molecule has 2 rings (SSSR count). The van der Waals surface area contributed by atoms with Gasteiger partial charge in [0.15, 0.2) is 0 Å². The van der Waals surface area contributed by atoms with Crippen molar-refractivity contribution < 1.29 is 13.5 Å². The Bertz CT molecular complexity index is 715. The van der Waals surface area contributed by atoms with Gasteiger partial charge in [0.2, 0.25) is 10.0 Å². The van der Waals surface area contributed by atoms with E-state index in [2.05, 4.69) is 4.98 Å². The van der Waals surface area contributed by atoms with E-state index in [9.17, 15) is 13.5 Å². The van der Waals surface area contributed by atoms with Crippen LogP contribution < -0.4 is 0 Å². The van der Waals surface area contributed by atoms with Crippen LogP contribution in [0.3, 0.4) is 0 Å². The normalized spacial score (nSPS) is 13.1. The summed E-state index contributed by atoms with van der Waals surface area (Å²) >= 11 is 0. The van der Waals surface area contributed by atoms with Gasteiger partial charge in [0.05, 0.1) is 16.0 Å². The second-order valence-electron chi connectivity index (χ2n) is 5.40. The number of rotatable bonds is 4. The highest BCUT2D eigenvalue weighted by atomic mass is 32.2. The number of sulfonamides is 1. The number of fused-ring (bicyclic) bond motifs is 1. The summed E-state index contributed by atoms with van der Waals surface area (Å²) in [6, 6.07) is 8.43. The van der Waals surface area contributed by atoms with E-state index >= 15 is 0 Å². The van der Waals surface area contributed by atoms with Crippen LogP contribution in [0.15, 0.2) is 41.4 Å². The van der Waals surface area contributed by atoms with Crippen LogP contribution in [-0.2, 0) is 10.0 Å². The van der Waals surface area contributed by atoms with E-state index in [0.717, 1.165) is 4.31 Å². The minimum absolute atomic E-state index is 0.0198. The predicted molar refractivity (Wildman–Crippen MR) is 77.9 cm³/mol. The second kappa shape index (κ2) is 5.12. The number of hydrogen-bond acceptors (Lipinski definition) is 4. The summed E-state index contributed by atoms with van der Waals surface area (Å²) in [5, 5.41) is 10.4. The van der Waals surface area contributed by atoms with Gasteiger partial charge in [-0.25, -0.2) is 8.42 Å². The van der Waals surface area contributed by atoms with Crippen molar-refractivity contribution in [1.82, 2.24) is 9.29 Å². The molecule has 6 heteroatoms. The first-order valence-electron chi connectivity index (χ1n) is 6.24. The van der Waals surface area contributed by atoms with Gasteiger partial charge in [0.25, 0.3) is 0 Å². The van der Waals surface area contributed by atoms with Gasteiger partial charge < -0.3 is 5.11 Å². The van der Waals surface area contributed by atoms with Crippen LogP contribution in [0.4, 0.5) is 0 Å². The van der Waals surface area contributed by atoms with Gasteiger partial charge in [-0.3, -0.25) is 4.98 Å². The van der Waals surface area contributed by atoms with Crippen LogP contribution in [0.25, 0.3) is 10.9 Å². The molecule has 0 fully saturated rings. The van der Waals surface area contributed by atoms with Crippen molar-refractivity contribution in [1.29, 1.82) is 0 Å². The van der Waals surface area contributed by atoms with Crippen LogP contribution in [0.1, 0.15) is 13.8 Å². The lowest BCUT2D eigenvalue weighted by atomic mass is 10.1. The van der Waals surface area contributed by atoms with Gasteiger partial charge in [-0.2, -0.15) is 4.31 Å². The molecule has 1 heterocycles. The van der Waals surface area contributed by atoms with Crippen molar-refractivity contribution in [3.63, 3.8) is 0 Å². The molecule has 0 aliphatic heterocycles. The van der Waals surface area contributed by atoms with E-state index in [-0.39, 0.29) is 11.4 Å². The average Bonchev–Trinajstić information content (AvgIpc) is 2.36. The zero-order valence-electron chi connectivity index (χ0n) is 11.7. The maximum absolute atomic E-state index is 12.6. The topological polar surface area (TPSA) is 70.5 Å². The maximum Gasteiger partial charge on any atom is 0.243 e. The Kier molecular flexibility index (Phi) is 3.82. The van der Waals surface area contributed by atoms with E-state index < -0.39 is 15.6 Å². The Morgan fingerprint density at radius 2 is 1.95 bits per heavy atom. The van der Waals surface area contributed by atoms with E-state index in [1.54, 1.807) is 50.4 Å². The number of aliphatic hydroxyl groups is 1. The van der Waals surface area contributed by atoms with Crippen LogP contribution in [-0.4, -0.2) is 42.0 Å².